The fraction of sp³-hybridized carbons (Fsp3) is 0.714. The molecule has 1 aromatic heterocycles. The fourth-order valence-electron chi connectivity index (χ4n) is 4.49. The van der Waals surface area contributed by atoms with Crippen molar-refractivity contribution in [3.05, 3.63) is 17.1 Å². The summed E-state index contributed by atoms with van der Waals surface area (Å²) >= 11 is 0. The lowest BCUT2D eigenvalue weighted by Gasteiger charge is -2.30. The summed E-state index contributed by atoms with van der Waals surface area (Å²) in [5.74, 6) is 1.55. The highest BCUT2D eigenvalue weighted by Gasteiger charge is 2.39. The van der Waals surface area contributed by atoms with Gasteiger partial charge in [0.1, 0.15) is 17.7 Å². The minimum absolute atomic E-state index is 0.0154. The first kappa shape index (κ1) is 22.1. The molecule has 2 amide bonds. The SMILES string of the molecule is CCS(=O)(=O)N1CCCC1C(=O)N(C)Cc1nc(C)c2c(n1)N(CC1CC1)C(=O)CC2. The van der Waals surface area contributed by atoms with Gasteiger partial charge in [0.25, 0.3) is 0 Å². The van der Waals surface area contributed by atoms with Gasteiger partial charge >= 0.3 is 0 Å². The molecule has 2 aliphatic heterocycles. The van der Waals surface area contributed by atoms with Gasteiger partial charge < -0.3 is 4.90 Å². The van der Waals surface area contributed by atoms with Crippen LogP contribution in [0.2, 0.25) is 0 Å². The summed E-state index contributed by atoms with van der Waals surface area (Å²) in [7, 11) is -1.77. The van der Waals surface area contributed by atoms with Gasteiger partial charge in [-0.3, -0.25) is 14.5 Å². The molecule has 31 heavy (non-hydrogen) atoms. The van der Waals surface area contributed by atoms with E-state index in [-0.39, 0.29) is 24.1 Å². The minimum Gasteiger partial charge on any atom is -0.337 e. The lowest BCUT2D eigenvalue weighted by atomic mass is 10.0. The summed E-state index contributed by atoms with van der Waals surface area (Å²) < 4.78 is 26.0. The molecule has 3 aliphatic rings. The number of aromatic nitrogens is 2. The van der Waals surface area contributed by atoms with E-state index in [1.54, 1.807) is 18.9 Å². The third-order valence-corrected chi connectivity index (χ3v) is 8.37. The van der Waals surface area contributed by atoms with Crippen molar-refractivity contribution in [3.8, 4) is 0 Å². The number of amides is 2. The van der Waals surface area contributed by atoms with E-state index in [2.05, 4.69) is 9.97 Å². The monoisotopic (exact) mass is 449 g/mol. The molecule has 1 unspecified atom stereocenters. The predicted octanol–water partition coefficient (Wildman–Crippen LogP) is 1.25. The van der Waals surface area contributed by atoms with Crippen molar-refractivity contribution in [1.82, 2.24) is 19.2 Å². The van der Waals surface area contributed by atoms with Crippen LogP contribution in [-0.2, 0) is 32.6 Å². The Morgan fingerprint density at radius 1 is 1.19 bits per heavy atom. The fourth-order valence-corrected chi connectivity index (χ4v) is 5.81. The van der Waals surface area contributed by atoms with Crippen LogP contribution >= 0.6 is 0 Å². The summed E-state index contributed by atoms with van der Waals surface area (Å²) in [4.78, 5) is 38.2. The van der Waals surface area contributed by atoms with E-state index in [0.717, 1.165) is 24.1 Å². The van der Waals surface area contributed by atoms with Crippen molar-refractivity contribution in [1.29, 1.82) is 0 Å². The summed E-state index contributed by atoms with van der Waals surface area (Å²) in [5.41, 5.74) is 1.85. The second-order valence-electron chi connectivity index (χ2n) is 8.84. The van der Waals surface area contributed by atoms with Crippen LogP contribution in [0.15, 0.2) is 0 Å². The van der Waals surface area contributed by atoms with E-state index >= 15 is 0 Å². The average Bonchev–Trinajstić information content (AvgIpc) is 3.41. The Labute approximate surface area is 183 Å². The lowest BCUT2D eigenvalue weighted by molar-refractivity contribution is -0.134. The number of sulfonamides is 1. The van der Waals surface area contributed by atoms with Gasteiger partial charge in [-0.25, -0.2) is 18.4 Å². The number of aryl methyl sites for hydroxylation is 1. The lowest BCUT2D eigenvalue weighted by Crippen LogP contribution is -2.47. The number of fused-ring (bicyclic) bond motifs is 1. The molecule has 0 aromatic carbocycles. The summed E-state index contributed by atoms with van der Waals surface area (Å²) in [6.07, 6.45) is 4.61. The van der Waals surface area contributed by atoms with Crippen LogP contribution in [0.25, 0.3) is 0 Å². The molecule has 2 fully saturated rings. The standard InChI is InChI=1S/C21H31N5O4S/c1-4-31(29,30)26-11-5-6-17(26)21(28)24(3)13-18-22-14(2)16-9-10-19(27)25(20(16)23-18)12-15-7-8-15/h15,17H,4-13H2,1-3H3. The van der Waals surface area contributed by atoms with E-state index in [1.165, 1.54) is 9.21 Å². The van der Waals surface area contributed by atoms with Gasteiger partial charge in [-0.15, -0.1) is 0 Å². The van der Waals surface area contributed by atoms with Gasteiger partial charge in [0.2, 0.25) is 21.8 Å². The zero-order valence-electron chi connectivity index (χ0n) is 18.5. The van der Waals surface area contributed by atoms with Crippen molar-refractivity contribution in [2.45, 2.75) is 65.0 Å². The van der Waals surface area contributed by atoms with E-state index in [9.17, 15) is 18.0 Å². The molecular weight excluding hydrogens is 418 g/mol. The Morgan fingerprint density at radius 3 is 2.61 bits per heavy atom. The molecule has 9 nitrogen and oxygen atoms in total. The summed E-state index contributed by atoms with van der Waals surface area (Å²) in [6, 6.07) is -0.665. The van der Waals surface area contributed by atoms with Crippen molar-refractivity contribution in [3.63, 3.8) is 0 Å². The van der Waals surface area contributed by atoms with Crippen molar-refractivity contribution in [2.75, 3.05) is 30.8 Å². The quantitative estimate of drug-likeness (QED) is 0.621. The molecule has 0 radical (unpaired) electrons. The van der Waals surface area contributed by atoms with Crippen molar-refractivity contribution < 1.29 is 18.0 Å². The highest BCUT2D eigenvalue weighted by molar-refractivity contribution is 7.89. The van der Waals surface area contributed by atoms with Gasteiger partial charge in [-0.2, -0.15) is 4.31 Å². The summed E-state index contributed by atoms with van der Waals surface area (Å²) in [6.45, 7) is 4.77. The third kappa shape index (κ3) is 4.45. The maximum atomic E-state index is 13.1. The molecule has 170 valence electrons. The molecule has 1 atom stereocenters. The molecule has 3 heterocycles. The molecule has 0 bridgehead atoms. The van der Waals surface area contributed by atoms with Crippen molar-refractivity contribution in [2.24, 2.45) is 5.92 Å². The first-order valence-corrected chi connectivity index (χ1v) is 12.7. The maximum absolute atomic E-state index is 13.1. The van der Waals surface area contributed by atoms with E-state index in [0.29, 0.717) is 56.3 Å². The maximum Gasteiger partial charge on any atom is 0.241 e. The second kappa shape index (κ2) is 8.46. The van der Waals surface area contributed by atoms with E-state index in [4.69, 9.17) is 0 Å². The number of carbonyl (C=O) groups is 2. The smallest absolute Gasteiger partial charge is 0.241 e. The molecule has 1 saturated carbocycles. The number of hydrogen-bond donors (Lipinski definition) is 0. The summed E-state index contributed by atoms with van der Waals surface area (Å²) in [5, 5.41) is 0. The highest BCUT2D eigenvalue weighted by Crippen LogP contribution is 2.35. The van der Waals surface area contributed by atoms with E-state index in [1.807, 2.05) is 6.92 Å². The molecule has 0 N–H and O–H groups in total. The number of hydrogen-bond acceptors (Lipinski definition) is 6. The molecule has 0 spiro atoms. The van der Waals surface area contributed by atoms with Crippen LogP contribution in [0.5, 0.6) is 0 Å². The number of anilines is 1. The Balaban J connectivity index is 1.54. The molecular formula is C21H31N5O4S. The predicted molar refractivity (Wildman–Crippen MR) is 116 cm³/mol. The van der Waals surface area contributed by atoms with Gasteiger partial charge in [-0.05, 0) is 51.9 Å². The first-order valence-electron chi connectivity index (χ1n) is 11.1. The van der Waals surface area contributed by atoms with Gasteiger partial charge in [0.15, 0.2) is 0 Å². The molecule has 4 rings (SSSR count). The average molecular weight is 450 g/mol. The van der Waals surface area contributed by atoms with Crippen LogP contribution < -0.4 is 4.90 Å². The number of likely N-dealkylation sites (N-methyl/N-ethyl adjacent to an activating group) is 1. The van der Waals surface area contributed by atoms with Crippen LogP contribution in [0.3, 0.4) is 0 Å². The normalized spacial score (nSPS) is 22.0. The minimum atomic E-state index is -3.43. The topological polar surface area (TPSA) is 104 Å². The third-order valence-electron chi connectivity index (χ3n) is 6.49. The number of carbonyl (C=O) groups excluding carboxylic acids is 2. The Bertz CT molecular complexity index is 992. The van der Waals surface area contributed by atoms with Crippen LogP contribution in [-0.4, -0.2) is 71.3 Å². The van der Waals surface area contributed by atoms with Crippen LogP contribution in [0, 0.1) is 12.8 Å². The van der Waals surface area contributed by atoms with Gasteiger partial charge in [-0.1, -0.05) is 0 Å². The molecule has 1 aliphatic carbocycles. The Hall–Kier alpha value is -2.07. The molecule has 10 heteroatoms. The zero-order valence-corrected chi connectivity index (χ0v) is 19.3. The van der Waals surface area contributed by atoms with Crippen molar-refractivity contribution >= 4 is 27.7 Å². The highest BCUT2D eigenvalue weighted by atomic mass is 32.2. The van der Waals surface area contributed by atoms with Crippen LogP contribution in [0.1, 0.15) is 56.1 Å². The molecule has 1 saturated heterocycles. The van der Waals surface area contributed by atoms with Gasteiger partial charge in [0.05, 0.1) is 12.3 Å². The van der Waals surface area contributed by atoms with Crippen LogP contribution in [0.4, 0.5) is 5.82 Å². The first-order chi connectivity index (χ1) is 14.7. The van der Waals surface area contributed by atoms with Gasteiger partial charge in [0, 0.05) is 37.8 Å². The second-order valence-corrected chi connectivity index (χ2v) is 11.0. The Kier molecular flexibility index (Phi) is 6.04. The molecule has 1 aromatic rings. The largest absolute Gasteiger partial charge is 0.337 e. The van der Waals surface area contributed by atoms with E-state index < -0.39 is 16.1 Å². The zero-order chi connectivity index (χ0) is 22.3. The number of rotatable bonds is 7. The number of nitrogens with zero attached hydrogens (tertiary/aromatic N) is 5. The Morgan fingerprint density at radius 2 is 1.94 bits per heavy atom.